The van der Waals surface area contributed by atoms with E-state index in [1.807, 2.05) is 0 Å². The Hall–Kier alpha value is -1.62. The summed E-state index contributed by atoms with van der Waals surface area (Å²) in [7, 11) is 1.64. The van der Waals surface area contributed by atoms with Crippen molar-refractivity contribution in [1.29, 1.82) is 0 Å². The number of benzene rings is 1. The van der Waals surface area contributed by atoms with Gasteiger partial charge in [0.05, 0.1) is 11.7 Å². The first-order valence-electron chi connectivity index (χ1n) is 6.11. The monoisotopic (exact) mass is 251 g/mol. The van der Waals surface area contributed by atoms with Crippen molar-refractivity contribution in [3.63, 3.8) is 0 Å². The van der Waals surface area contributed by atoms with Crippen LogP contribution in [0.1, 0.15) is 18.4 Å². The van der Waals surface area contributed by atoms with Crippen molar-refractivity contribution in [1.82, 2.24) is 10.2 Å². The molecule has 0 bridgehead atoms. The second kappa shape index (κ2) is 5.35. The van der Waals surface area contributed by atoms with Gasteiger partial charge in [0.25, 0.3) is 0 Å². The SMILES string of the molecule is CNC(=O)C1CCCN1Cc1ccc(N)c(F)c1. The average molecular weight is 251 g/mol. The lowest BCUT2D eigenvalue weighted by molar-refractivity contribution is -0.125. The van der Waals surface area contributed by atoms with Gasteiger partial charge in [-0.1, -0.05) is 6.07 Å². The number of halogens is 1. The van der Waals surface area contributed by atoms with Crippen LogP contribution in [-0.2, 0) is 11.3 Å². The van der Waals surface area contributed by atoms with Gasteiger partial charge >= 0.3 is 0 Å². The van der Waals surface area contributed by atoms with Crippen LogP contribution in [0.25, 0.3) is 0 Å². The normalized spacial score (nSPS) is 20.0. The number of likely N-dealkylation sites (N-methyl/N-ethyl adjacent to an activating group) is 1. The smallest absolute Gasteiger partial charge is 0.237 e. The molecule has 0 radical (unpaired) electrons. The fraction of sp³-hybridized carbons (Fsp3) is 0.462. The van der Waals surface area contributed by atoms with Gasteiger partial charge in [0.1, 0.15) is 5.82 Å². The molecule has 18 heavy (non-hydrogen) atoms. The summed E-state index contributed by atoms with van der Waals surface area (Å²) in [5.41, 5.74) is 6.44. The predicted octanol–water partition coefficient (Wildman–Crippen LogP) is 1.12. The second-order valence-corrected chi connectivity index (χ2v) is 4.60. The van der Waals surface area contributed by atoms with E-state index in [-0.39, 0.29) is 17.6 Å². The zero-order valence-electron chi connectivity index (χ0n) is 10.4. The summed E-state index contributed by atoms with van der Waals surface area (Å²) in [5.74, 6) is -0.369. The maximum absolute atomic E-state index is 13.4. The van der Waals surface area contributed by atoms with Crippen LogP contribution < -0.4 is 11.1 Å². The van der Waals surface area contributed by atoms with E-state index in [1.165, 1.54) is 6.07 Å². The number of amides is 1. The van der Waals surface area contributed by atoms with E-state index in [0.29, 0.717) is 6.54 Å². The lowest BCUT2D eigenvalue weighted by atomic mass is 10.1. The predicted molar refractivity (Wildman–Crippen MR) is 68.3 cm³/mol. The molecule has 1 heterocycles. The number of likely N-dealkylation sites (tertiary alicyclic amines) is 1. The van der Waals surface area contributed by atoms with E-state index in [0.717, 1.165) is 24.9 Å². The third kappa shape index (κ3) is 2.61. The van der Waals surface area contributed by atoms with E-state index in [1.54, 1.807) is 19.2 Å². The highest BCUT2D eigenvalue weighted by atomic mass is 19.1. The van der Waals surface area contributed by atoms with Crippen molar-refractivity contribution >= 4 is 11.6 Å². The van der Waals surface area contributed by atoms with Crippen molar-refractivity contribution in [2.45, 2.75) is 25.4 Å². The van der Waals surface area contributed by atoms with Gasteiger partial charge < -0.3 is 11.1 Å². The number of rotatable bonds is 3. The largest absolute Gasteiger partial charge is 0.396 e. The summed E-state index contributed by atoms with van der Waals surface area (Å²) in [5, 5.41) is 2.67. The van der Waals surface area contributed by atoms with E-state index < -0.39 is 5.82 Å². The van der Waals surface area contributed by atoms with Crippen LogP contribution in [0, 0.1) is 5.82 Å². The van der Waals surface area contributed by atoms with Crippen LogP contribution in [0.5, 0.6) is 0 Å². The summed E-state index contributed by atoms with van der Waals surface area (Å²) in [6.45, 7) is 1.44. The van der Waals surface area contributed by atoms with Crippen LogP contribution in [0.15, 0.2) is 18.2 Å². The van der Waals surface area contributed by atoms with Crippen molar-refractivity contribution < 1.29 is 9.18 Å². The number of carbonyl (C=O) groups is 1. The van der Waals surface area contributed by atoms with Gasteiger partial charge in [-0.15, -0.1) is 0 Å². The maximum atomic E-state index is 13.4. The minimum Gasteiger partial charge on any atom is -0.396 e. The van der Waals surface area contributed by atoms with Gasteiger partial charge in [-0.2, -0.15) is 0 Å². The Kier molecular flexibility index (Phi) is 3.81. The number of hydrogen-bond acceptors (Lipinski definition) is 3. The van der Waals surface area contributed by atoms with Gasteiger partial charge in [-0.05, 0) is 37.1 Å². The Bertz CT molecular complexity index is 450. The summed E-state index contributed by atoms with van der Waals surface area (Å²) in [6.07, 6.45) is 1.85. The van der Waals surface area contributed by atoms with Crippen LogP contribution in [0.4, 0.5) is 10.1 Å². The molecule has 1 aromatic rings. The lowest BCUT2D eigenvalue weighted by Crippen LogP contribution is -2.41. The van der Waals surface area contributed by atoms with Gasteiger partial charge in [-0.3, -0.25) is 9.69 Å². The average Bonchev–Trinajstić information content (AvgIpc) is 2.81. The van der Waals surface area contributed by atoms with Crippen LogP contribution in [0.3, 0.4) is 0 Å². The molecule has 0 aromatic heterocycles. The molecule has 0 aliphatic carbocycles. The fourth-order valence-electron chi connectivity index (χ4n) is 2.38. The van der Waals surface area contributed by atoms with Crippen LogP contribution in [-0.4, -0.2) is 30.4 Å². The number of nitrogens with one attached hydrogen (secondary N) is 1. The zero-order valence-corrected chi connectivity index (χ0v) is 10.4. The molecule has 4 nitrogen and oxygen atoms in total. The molecule has 1 aromatic carbocycles. The number of nitrogens with two attached hydrogens (primary N) is 1. The molecule has 98 valence electrons. The van der Waals surface area contributed by atoms with Gasteiger partial charge in [-0.25, -0.2) is 4.39 Å². The van der Waals surface area contributed by atoms with E-state index in [9.17, 15) is 9.18 Å². The Morgan fingerprint density at radius 3 is 3.06 bits per heavy atom. The summed E-state index contributed by atoms with van der Waals surface area (Å²) in [4.78, 5) is 13.8. The quantitative estimate of drug-likeness (QED) is 0.791. The molecule has 1 aliphatic heterocycles. The topological polar surface area (TPSA) is 58.4 Å². The fourth-order valence-corrected chi connectivity index (χ4v) is 2.38. The number of hydrogen-bond donors (Lipinski definition) is 2. The molecular formula is C13H18FN3O. The van der Waals surface area contributed by atoms with Crippen LogP contribution in [0.2, 0.25) is 0 Å². The Morgan fingerprint density at radius 1 is 1.61 bits per heavy atom. The molecule has 1 unspecified atom stereocenters. The van der Waals surface area contributed by atoms with Crippen molar-refractivity contribution in [3.05, 3.63) is 29.6 Å². The first kappa shape index (κ1) is 12.8. The molecule has 1 fully saturated rings. The number of nitrogen functional groups attached to an aromatic ring is 1. The maximum Gasteiger partial charge on any atom is 0.237 e. The minimum absolute atomic E-state index is 0.0309. The van der Waals surface area contributed by atoms with E-state index >= 15 is 0 Å². The number of carbonyl (C=O) groups excluding carboxylic acids is 1. The first-order valence-corrected chi connectivity index (χ1v) is 6.11. The minimum atomic E-state index is -0.400. The molecule has 5 heteroatoms. The van der Waals surface area contributed by atoms with Gasteiger partial charge in [0.15, 0.2) is 0 Å². The molecule has 0 spiro atoms. The lowest BCUT2D eigenvalue weighted by Gasteiger charge is -2.23. The van der Waals surface area contributed by atoms with E-state index in [4.69, 9.17) is 5.73 Å². The third-order valence-corrected chi connectivity index (χ3v) is 3.36. The molecule has 3 N–H and O–H groups in total. The summed E-state index contributed by atoms with van der Waals surface area (Å²) >= 11 is 0. The van der Waals surface area contributed by atoms with Gasteiger partial charge in [0, 0.05) is 13.6 Å². The molecule has 1 aliphatic rings. The third-order valence-electron chi connectivity index (χ3n) is 3.36. The molecule has 1 saturated heterocycles. The Labute approximate surface area is 106 Å². The molecule has 1 amide bonds. The summed E-state index contributed by atoms with van der Waals surface area (Å²) < 4.78 is 13.4. The molecular weight excluding hydrogens is 233 g/mol. The Morgan fingerprint density at radius 2 is 2.39 bits per heavy atom. The number of nitrogens with zero attached hydrogens (tertiary/aromatic N) is 1. The molecule has 2 rings (SSSR count). The molecule has 0 saturated carbocycles. The van der Waals surface area contributed by atoms with Crippen molar-refractivity contribution in [3.8, 4) is 0 Å². The number of anilines is 1. The Balaban J connectivity index is 2.08. The highest BCUT2D eigenvalue weighted by Crippen LogP contribution is 2.21. The highest BCUT2D eigenvalue weighted by Gasteiger charge is 2.29. The zero-order chi connectivity index (χ0) is 13.1. The standard InChI is InChI=1S/C13H18FN3O/c1-16-13(18)12-3-2-6-17(12)8-9-4-5-11(15)10(14)7-9/h4-5,7,12H,2-3,6,8,15H2,1H3,(H,16,18). The van der Waals surface area contributed by atoms with Crippen molar-refractivity contribution in [2.24, 2.45) is 0 Å². The summed E-state index contributed by atoms with van der Waals surface area (Å²) in [6, 6.07) is 4.71. The highest BCUT2D eigenvalue weighted by molar-refractivity contribution is 5.81. The van der Waals surface area contributed by atoms with Crippen LogP contribution >= 0.6 is 0 Å². The van der Waals surface area contributed by atoms with Crippen molar-refractivity contribution in [2.75, 3.05) is 19.3 Å². The second-order valence-electron chi connectivity index (χ2n) is 4.60. The van der Waals surface area contributed by atoms with E-state index in [2.05, 4.69) is 10.2 Å². The van der Waals surface area contributed by atoms with Gasteiger partial charge in [0.2, 0.25) is 5.91 Å². The first-order chi connectivity index (χ1) is 8.61. The molecule has 1 atom stereocenters.